The number of carbonyl (C=O) groups excluding carboxylic acids is 1. The Balaban J connectivity index is 2.52. The molecule has 2 aromatic rings. The molecule has 0 radical (unpaired) electrons. The number of benzene rings is 2. The van der Waals surface area contributed by atoms with Crippen LogP contribution in [0.15, 0.2) is 77.4 Å². The van der Waals surface area contributed by atoms with Crippen LogP contribution in [0.3, 0.4) is 0 Å². The van der Waals surface area contributed by atoms with Gasteiger partial charge in [0.05, 0.1) is 5.56 Å². The first-order valence-corrected chi connectivity index (χ1v) is 11.2. The Kier molecular flexibility index (Phi) is 9.93. The highest BCUT2D eigenvalue weighted by atomic mass is 35.5. The number of aliphatic carboxylic acids is 1. The highest BCUT2D eigenvalue weighted by molar-refractivity contribution is 6.29. The summed E-state index contributed by atoms with van der Waals surface area (Å²) in [5.41, 5.74) is 0.307. The molecular weight excluding hydrogens is 467 g/mol. The van der Waals surface area contributed by atoms with E-state index in [9.17, 15) is 27.9 Å². The van der Waals surface area contributed by atoms with E-state index in [1.165, 1.54) is 18.2 Å². The molecule has 0 bridgehead atoms. The number of carbonyl (C=O) groups is 2. The topological polar surface area (TPSA) is 57.6 Å². The van der Waals surface area contributed by atoms with Gasteiger partial charge in [-0.3, -0.25) is 4.79 Å². The molecule has 34 heavy (non-hydrogen) atoms. The Morgan fingerprint density at radius 1 is 1.00 bits per heavy atom. The van der Waals surface area contributed by atoms with Crippen molar-refractivity contribution in [1.82, 2.24) is 4.90 Å². The molecule has 0 saturated heterocycles. The Hall–Kier alpha value is -3.06. The molecule has 0 heterocycles. The van der Waals surface area contributed by atoms with Gasteiger partial charge in [0.25, 0.3) is 5.91 Å². The van der Waals surface area contributed by atoms with Crippen LogP contribution in [0, 0.1) is 0 Å². The SMILES string of the molecule is CC/C(Cl)=C\C=C(/CC)C(=O)N(Cc1cccc(C(F)(F)F)c1)C(Cc1ccccc1)C(=O)O. The molecule has 1 N–H and O–H groups in total. The van der Waals surface area contributed by atoms with E-state index in [-0.39, 0.29) is 18.5 Å². The van der Waals surface area contributed by atoms with Crippen molar-refractivity contribution in [1.29, 1.82) is 0 Å². The van der Waals surface area contributed by atoms with Gasteiger partial charge in [-0.2, -0.15) is 13.2 Å². The first kappa shape index (κ1) is 27.2. The van der Waals surface area contributed by atoms with Gasteiger partial charge >= 0.3 is 12.1 Å². The molecule has 0 aliphatic carbocycles. The fourth-order valence-corrected chi connectivity index (χ4v) is 3.43. The summed E-state index contributed by atoms with van der Waals surface area (Å²) in [7, 11) is 0. The monoisotopic (exact) mass is 493 g/mol. The van der Waals surface area contributed by atoms with E-state index in [2.05, 4.69) is 0 Å². The lowest BCUT2D eigenvalue weighted by Gasteiger charge is -2.30. The van der Waals surface area contributed by atoms with Crippen molar-refractivity contribution in [2.45, 2.75) is 51.9 Å². The maximum absolute atomic E-state index is 13.5. The first-order valence-electron chi connectivity index (χ1n) is 10.9. The third-order valence-corrected chi connectivity index (χ3v) is 5.65. The molecule has 2 rings (SSSR count). The van der Waals surface area contributed by atoms with E-state index in [4.69, 9.17) is 11.6 Å². The predicted molar refractivity (Wildman–Crippen MR) is 126 cm³/mol. The molecule has 2 aromatic carbocycles. The molecule has 0 fully saturated rings. The standard InChI is InChI=1S/C26H27ClF3NO3/c1-3-20(13-14-22(27)4-2)24(32)31(17-19-11-8-12-21(15-19)26(28,29)30)23(25(33)34)16-18-9-6-5-7-10-18/h5-15,23H,3-4,16-17H2,1-2H3,(H,33,34)/b20-13+,22-14+. The van der Waals surface area contributed by atoms with Gasteiger partial charge < -0.3 is 10.0 Å². The van der Waals surface area contributed by atoms with Gasteiger partial charge in [-0.1, -0.05) is 74.0 Å². The molecule has 1 unspecified atom stereocenters. The molecule has 0 aliphatic heterocycles. The van der Waals surface area contributed by atoms with Gasteiger partial charge in [0, 0.05) is 23.6 Å². The number of carboxylic acid groups (broad SMARTS) is 1. The fraction of sp³-hybridized carbons (Fsp3) is 0.308. The summed E-state index contributed by atoms with van der Waals surface area (Å²) in [4.78, 5) is 26.9. The quantitative estimate of drug-likeness (QED) is 0.299. The van der Waals surface area contributed by atoms with Crippen molar-refractivity contribution in [2.75, 3.05) is 0 Å². The number of amides is 1. The molecule has 0 spiro atoms. The second kappa shape index (κ2) is 12.4. The summed E-state index contributed by atoms with van der Waals surface area (Å²) >= 11 is 6.05. The summed E-state index contributed by atoms with van der Waals surface area (Å²) in [5, 5.41) is 10.5. The minimum absolute atomic E-state index is 0.00340. The lowest BCUT2D eigenvalue weighted by molar-refractivity contribution is -0.149. The highest BCUT2D eigenvalue weighted by Crippen LogP contribution is 2.30. The number of nitrogens with zero attached hydrogens (tertiary/aromatic N) is 1. The van der Waals surface area contributed by atoms with Crippen LogP contribution < -0.4 is 0 Å². The van der Waals surface area contributed by atoms with Crippen LogP contribution in [0.1, 0.15) is 43.4 Å². The van der Waals surface area contributed by atoms with Crippen LogP contribution in [0.25, 0.3) is 0 Å². The van der Waals surface area contributed by atoms with Gasteiger partial charge in [-0.25, -0.2) is 4.79 Å². The Bertz CT molecular complexity index is 1050. The van der Waals surface area contributed by atoms with Crippen molar-refractivity contribution in [3.8, 4) is 0 Å². The predicted octanol–water partition coefficient (Wildman–Crippen LogP) is 6.60. The molecule has 0 aliphatic rings. The maximum atomic E-state index is 13.5. The van der Waals surface area contributed by atoms with Gasteiger partial charge in [0.1, 0.15) is 6.04 Å². The summed E-state index contributed by atoms with van der Waals surface area (Å²) in [5.74, 6) is -1.82. The van der Waals surface area contributed by atoms with Crippen LogP contribution >= 0.6 is 11.6 Å². The lowest BCUT2D eigenvalue weighted by Crippen LogP contribution is -2.46. The number of allylic oxidation sites excluding steroid dienone is 3. The summed E-state index contributed by atoms with van der Waals surface area (Å²) in [6.45, 7) is 3.29. The largest absolute Gasteiger partial charge is 0.480 e. The van der Waals surface area contributed by atoms with Crippen molar-refractivity contribution in [3.05, 3.63) is 94.0 Å². The fourth-order valence-electron chi connectivity index (χ4n) is 3.37. The zero-order chi connectivity index (χ0) is 25.3. The highest BCUT2D eigenvalue weighted by Gasteiger charge is 2.33. The van der Waals surface area contributed by atoms with E-state index in [1.54, 1.807) is 43.3 Å². The Morgan fingerprint density at radius 3 is 2.21 bits per heavy atom. The van der Waals surface area contributed by atoms with Crippen molar-refractivity contribution in [3.63, 3.8) is 0 Å². The Labute approximate surface area is 202 Å². The average molecular weight is 494 g/mol. The van der Waals surface area contributed by atoms with Crippen LogP contribution in [0.2, 0.25) is 0 Å². The summed E-state index contributed by atoms with van der Waals surface area (Å²) < 4.78 is 39.7. The van der Waals surface area contributed by atoms with Crippen molar-refractivity contribution >= 4 is 23.5 Å². The minimum atomic E-state index is -4.56. The number of halogens is 4. The average Bonchev–Trinajstić information content (AvgIpc) is 2.81. The minimum Gasteiger partial charge on any atom is -0.480 e. The molecule has 182 valence electrons. The summed E-state index contributed by atoms with van der Waals surface area (Å²) in [6, 6.07) is 12.0. The van der Waals surface area contributed by atoms with Gasteiger partial charge in [0.15, 0.2) is 0 Å². The van der Waals surface area contributed by atoms with Crippen LogP contribution in [0.4, 0.5) is 13.2 Å². The van der Waals surface area contributed by atoms with Gasteiger partial charge in [0.2, 0.25) is 0 Å². The maximum Gasteiger partial charge on any atom is 0.416 e. The lowest BCUT2D eigenvalue weighted by atomic mass is 10.0. The van der Waals surface area contributed by atoms with E-state index in [0.29, 0.717) is 29.0 Å². The zero-order valence-corrected chi connectivity index (χ0v) is 19.7. The third-order valence-electron chi connectivity index (χ3n) is 5.26. The molecule has 1 amide bonds. The number of carboxylic acids is 1. The summed E-state index contributed by atoms with van der Waals surface area (Å²) in [6.07, 6.45) is -0.591. The third kappa shape index (κ3) is 7.76. The van der Waals surface area contributed by atoms with Crippen LogP contribution in [0.5, 0.6) is 0 Å². The number of alkyl halides is 3. The molecule has 0 aromatic heterocycles. The van der Waals surface area contributed by atoms with E-state index in [1.807, 2.05) is 6.92 Å². The zero-order valence-electron chi connectivity index (χ0n) is 19.0. The second-order valence-corrected chi connectivity index (χ2v) is 8.17. The molecule has 4 nitrogen and oxygen atoms in total. The molecule has 0 saturated carbocycles. The van der Waals surface area contributed by atoms with Crippen LogP contribution in [-0.4, -0.2) is 27.9 Å². The van der Waals surface area contributed by atoms with E-state index in [0.717, 1.165) is 17.0 Å². The first-order chi connectivity index (χ1) is 16.1. The van der Waals surface area contributed by atoms with E-state index >= 15 is 0 Å². The number of hydrogen-bond acceptors (Lipinski definition) is 2. The number of hydrogen-bond donors (Lipinski definition) is 1. The second-order valence-electron chi connectivity index (χ2n) is 7.69. The molecular formula is C26H27ClF3NO3. The number of rotatable bonds is 10. The van der Waals surface area contributed by atoms with Gasteiger partial charge in [-0.15, -0.1) is 0 Å². The van der Waals surface area contributed by atoms with Crippen molar-refractivity contribution < 1.29 is 27.9 Å². The molecule has 1 atom stereocenters. The smallest absolute Gasteiger partial charge is 0.416 e. The molecule has 8 heteroatoms. The Morgan fingerprint density at radius 2 is 1.65 bits per heavy atom. The van der Waals surface area contributed by atoms with Gasteiger partial charge in [-0.05, 0) is 42.2 Å². The normalized spacial score (nSPS) is 13.5. The van der Waals surface area contributed by atoms with Crippen molar-refractivity contribution in [2.24, 2.45) is 0 Å². The van der Waals surface area contributed by atoms with Crippen LogP contribution in [-0.2, 0) is 28.7 Å². The van der Waals surface area contributed by atoms with E-state index < -0.39 is 29.7 Å².